The van der Waals surface area contributed by atoms with Crippen LogP contribution in [-0.4, -0.2) is 35.0 Å². The van der Waals surface area contributed by atoms with Gasteiger partial charge >= 0.3 is 5.97 Å². The molecule has 0 spiro atoms. The fourth-order valence-corrected chi connectivity index (χ4v) is 1.15. The maximum atomic E-state index is 10.4. The molecule has 0 fully saturated rings. The van der Waals surface area contributed by atoms with Crippen LogP contribution in [0.15, 0.2) is 0 Å². The summed E-state index contributed by atoms with van der Waals surface area (Å²) in [7, 11) is 0. The van der Waals surface area contributed by atoms with Crippen molar-refractivity contribution in [1.29, 1.82) is 0 Å². The van der Waals surface area contributed by atoms with Gasteiger partial charge in [0.2, 0.25) is 5.91 Å². The maximum absolute atomic E-state index is 10.4. The van der Waals surface area contributed by atoms with E-state index in [4.69, 9.17) is 5.11 Å². The number of amides is 1. The van der Waals surface area contributed by atoms with Crippen molar-refractivity contribution in [2.45, 2.75) is 13.0 Å². The van der Waals surface area contributed by atoms with Gasteiger partial charge < -0.3 is 10.4 Å². The monoisotopic (exact) mass is 177 g/mol. The molecule has 64 valence electrons. The SMILES string of the molecule is CSCC(NC(C)=O)C(=O)O. The molecule has 5 heteroatoms. The van der Waals surface area contributed by atoms with Crippen molar-refractivity contribution in [2.75, 3.05) is 12.0 Å². The molecule has 4 nitrogen and oxygen atoms in total. The summed E-state index contributed by atoms with van der Waals surface area (Å²) in [6.45, 7) is 1.30. The number of carbonyl (C=O) groups is 2. The zero-order valence-corrected chi connectivity index (χ0v) is 7.27. The number of hydrogen-bond donors (Lipinski definition) is 2. The second kappa shape index (κ2) is 5.01. The van der Waals surface area contributed by atoms with Gasteiger partial charge in [0.1, 0.15) is 6.04 Å². The molecule has 0 saturated heterocycles. The molecule has 1 unspecified atom stereocenters. The van der Waals surface area contributed by atoms with E-state index in [1.807, 2.05) is 0 Å². The Balaban J connectivity index is 3.89. The second-order valence-corrected chi connectivity index (χ2v) is 2.96. The summed E-state index contributed by atoms with van der Waals surface area (Å²) in [6.07, 6.45) is 1.79. The average molecular weight is 177 g/mol. The third-order valence-electron chi connectivity index (χ3n) is 1.01. The van der Waals surface area contributed by atoms with Gasteiger partial charge in [0, 0.05) is 12.7 Å². The molecule has 0 aromatic rings. The van der Waals surface area contributed by atoms with Gasteiger partial charge in [-0.15, -0.1) is 0 Å². The molecule has 11 heavy (non-hydrogen) atoms. The first-order valence-electron chi connectivity index (χ1n) is 3.06. The topological polar surface area (TPSA) is 66.4 Å². The van der Waals surface area contributed by atoms with Crippen LogP contribution in [0.3, 0.4) is 0 Å². The number of rotatable bonds is 4. The van der Waals surface area contributed by atoms with Gasteiger partial charge in [-0.25, -0.2) is 4.79 Å². The second-order valence-electron chi connectivity index (χ2n) is 2.05. The van der Waals surface area contributed by atoms with E-state index in [1.54, 1.807) is 6.26 Å². The summed E-state index contributed by atoms with van der Waals surface area (Å²) in [5.41, 5.74) is 0. The van der Waals surface area contributed by atoms with Crippen LogP contribution in [-0.2, 0) is 9.59 Å². The number of nitrogens with one attached hydrogen (secondary N) is 1. The summed E-state index contributed by atoms with van der Waals surface area (Å²) in [6, 6.07) is -0.762. The van der Waals surface area contributed by atoms with Gasteiger partial charge in [0.05, 0.1) is 0 Å². The van der Waals surface area contributed by atoms with Crippen LogP contribution in [0.4, 0.5) is 0 Å². The Morgan fingerprint density at radius 1 is 1.64 bits per heavy atom. The zero-order valence-electron chi connectivity index (χ0n) is 6.46. The predicted octanol–water partition coefficient (Wildman–Crippen LogP) is -0.0613. The third kappa shape index (κ3) is 4.66. The molecule has 0 heterocycles. The Morgan fingerprint density at radius 2 is 2.18 bits per heavy atom. The minimum atomic E-state index is -0.991. The lowest BCUT2D eigenvalue weighted by atomic mass is 10.3. The van der Waals surface area contributed by atoms with E-state index in [-0.39, 0.29) is 5.91 Å². The van der Waals surface area contributed by atoms with E-state index in [9.17, 15) is 9.59 Å². The minimum Gasteiger partial charge on any atom is -0.480 e. The third-order valence-corrected chi connectivity index (χ3v) is 1.68. The van der Waals surface area contributed by atoms with Crippen LogP contribution >= 0.6 is 11.8 Å². The van der Waals surface area contributed by atoms with Gasteiger partial charge in [0.15, 0.2) is 0 Å². The lowest BCUT2D eigenvalue weighted by molar-refractivity contribution is -0.140. The molecule has 0 aromatic heterocycles. The predicted molar refractivity (Wildman–Crippen MR) is 43.6 cm³/mol. The van der Waals surface area contributed by atoms with E-state index < -0.39 is 12.0 Å². The van der Waals surface area contributed by atoms with Gasteiger partial charge in [0.25, 0.3) is 0 Å². The van der Waals surface area contributed by atoms with Gasteiger partial charge in [-0.05, 0) is 6.26 Å². The zero-order chi connectivity index (χ0) is 8.85. The molecule has 0 aliphatic rings. The van der Waals surface area contributed by atoms with E-state index in [2.05, 4.69) is 5.32 Å². The molecule has 0 saturated carbocycles. The van der Waals surface area contributed by atoms with Crippen LogP contribution in [0.5, 0.6) is 0 Å². The van der Waals surface area contributed by atoms with Crippen LogP contribution in [0.1, 0.15) is 6.92 Å². The molecule has 0 radical (unpaired) electrons. The lowest BCUT2D eigenvalue weighted by Gasteiger charge is -2.10. The molecular weight excluding hydrogens is 166 g/mol. The van der Waals surface area contributed by atoms with Crippen molar-refractivity contribution in [3.8, 4) is 0 Å². The smallest absolute Gasteiger partial charge is 0.327 e. The van der Waals surface area contributed by atoms with Crippen molar-refractivity contribution in [3.05, 3.63) is 0 Å². The van der Waals surface area contributed by atoms with Crippen LogP contribution in [0, 0.1) is 0 Å². The first-order chi connectivity index (χ1) is 5.07. The highest BCUT2D eigenvalue weighted by molar-refractivity contribution is 7.98. The van der Waals surface area contributed by atoms with E-state index >= 15 is 0 Å². The molecule has 0 bridgehead atoms. The van der Waals surface area contributed by atoms with Gasteiger partial charge in [-0.1, -0.05) is 0 Å². The summed E-state index contributed by atoms with van der Waals surface area (Å²) in [4.78, 5) is 20.8. The van der Waals surface area contributed by atoms with Crippen molar-refractivity contribution in [2.24, 2.45) is 0 Å². The Kier molecular flexibility index (Phi) is 4.69. The van der Waals surface area contributed by atoms with Crippen molar-refractivity contribution < 1.29 is 14.7 Å². The highest BCUT2D eigenvalue weighted by Crippen LogP contribution is 1.96. The molecule has 0 aliphatic carbocycles. The van der Waals surface area contributed by atoms with Crippen LogP contribution < -0.4 is 5.32 Å². The molecular formula is C6H11NO3S. The number of aliphatic carboxylic acids is 1. The highest BCUT2D eigenvalue weighted by Gasteiger charge is 2.16. The van der Waals surface area contributed by atoms with Crippen molar-refractivity contribution in [3.63, 3.8) is 0 Å². The fraction of sp³-hybridized carbons (Fsp3) is 0.667. The van der Waals surface area contributed by atoms with E-state index in [0.29, 0.717) is 5.75 Å². The Labute approximate surface area is 69.4 Å². The van der Waals surface area contributed by atoms with Gasteiger partial charge in [-0.3, -0.25) is 4.79 Å². The quantitative estimate of drug-likeness (QED) is 0.631. The molecule has 1 atom stereocenters. The van der Waals surface area contributed by atoms with E-state index in [1.165, 1.54) is 18.7 Å². The maximum Gasteiger partial charge on any atom is 0.327 e. The molecule has 0 aromatic carbocycles. The first kappa shape index (κ1) is 10.3. The van der Waals surface area contributed by atoms with Gasteiger partial charge in [-0.2, -0.15) is 11.8 Å². The Morgan fingerprint density at radius 3 is 2.45 bits per heavy atom. The lowest BCUT2D eigenvalue weighted by Crippen LogP contribution is -2.41. The Bertz CT molecular complexity index is 160. The summed E-state index contributed by atoms with van der Waals surface area (Å²) in [5.74, 6) is -0.907. The number of carbonyl (C=O) groups excluding carboxylic acids is 1. The summed E-state index contributed by atoms with van der Waals surface area (Å²) in [5, 5.41) is 10.8. The molecule has 0 rings (SSSR count). The summed E-state index contributed by atoms with van der Waals surface area (Å²) >= 11 is 1.38. The Hall–Kier alpha value is -0.710. The molecule has 0 aliphatic heterocycles. The van der Waals surface area contributed by atoms with E-state index in [0.717, 1.165) is 0 Å². The standard InChI is InChI=1S/C6H11NO3S/c1-4(8)7-5(3-11-2)6(9)10/h5H,3H2,1-2H3,(H,7,8)(H,9,10). The molecule has 1 amide bonds. The number of carboxylic acid groups (broad SMARTS) is 1. The van der Waals surface area contributed by atoms with Crippen LogP contribution in [0.2, 0.25) is 0 Å². The van der Waals surface area contributed by atoms with Crippen molar-refractivity contribution in [1.82, 2.24) is 5.32 Å². The normalized spacial score (nSPS) is 12.2. The van der Waals surface area contributed by atoms with Crippen LogP contribution in [0.25, 0.3) is 0 Å². The highest BCUT2D eigenvalue weighted by atomic mass is 32.2. The molecule has 2 N–H and O–H groups in total. The first-order valence-corrected chi connectivity index (χ1v) is 4.46. The van der Waals surface area contributed by atoms with Crippen molar-refractivity contribution >= 4 is 23.6 Å². The fourth-order valence-electron chi connectivity index (χ4n) is 0.587. The average Bonchev–Trinajstić information content (AvgIpc) is 1.86. The number of hydrogen-bond acceptors (Lipinski definition) is 3. The minimum absolute atomic E-state index is 0.313. The largest absolute Gasteiger partial charge is 0.480 e. The number of carboxylic acids is 1. The number of thioether (sulfide) groups is 1. The summed E-state index contributed by atoms with van der Waals surface area (Å²) < 4.78 is 0.